The van der Waals surface area contributed by atoms with Gasteiger partial charge in [-0.25, -0.2) is 0 Å². The normalized spacial score (nSPS) is 10.9. The number of rotatable bonds is 7. The van der Waals surface area contributed by atoms with Crippen molar-refractivity contribution in [3.05, 3.63) is 41.6 Å². The van der Waals surface area contributed by atoms with Crippen molar-refractivity contribution >= 4 is 11.8 Å². The Balaban J connectivity index is 1.89. The molecule has 0 saturated heterocycles. The van der Waals surface area contributed by atoms with Crippen LogP contribution < -0.4 is 5.32 Å². The predicted molar refractivity (Wildman–Crippen MR) is 82.1 cm³/mol. The number of aromatic nitrogens is 2. The monoisotopic (exact) mass is 291 g/mol. The van der Waals surface area contributed by atoms with E-state index >= 15 is 0 Å². The van der Waals surface area contributed by atoms with Crippen LogP contribution in [0.15, 0.2) is 40.3 Å². The fourth-order valence-electron chi connectivity index (χ4n) is 1.89. The van der Waals surface area contributed by atoms with Gasteiger partial charge in [-0.2, -0.15) is 5.10 Å². The van der Waals surface area contributed by atoms with Crippen LogP contribution in [0.4, 0.5) is 0 Å². The number of nitrogens with zero attached hydrogens (tertiary/aromatic N) is 2. The number of benzene rings is 1. The fourth-order valence-corrected chi connectivity index (χ4v) is 2.80. The van der Waals surface area contributed by atoms with Gasteiger partial charge in [-0.05, 0) is 30.7 Å². The standard InChI is InChI=1S/C15H21N3OS/c1-12-10-15(18(2)17-12)20-14-6-4-13(5-7-14)11-16-8-9-19-3/h4-7,10,16H,8-9,11H2,1-3H3. The smallest absolute Gasteiger partial charge is 0.0986 e. The first-order chi connectivity index (χ1) is 9.69. The maximum Gasteiger partial charge on any atom is 0.0986 e. The molecule has 2 rings (SSSR count). The minimum absolute atomic E-state index is 0.744. The molecule has 1 heterocycles. The summed E-state index contributed by atoms with van der Waals surface area (Å²) in [6.07, 6.45) is 0. The van der Waals surface area contributed by atoms with Crippen molar-refractivity contribution in [1.29, 1.82) is 0 Å². The Morgan fingerprint density at radius 2 is 2.05 bits per heavy atom. The summed E-state index contributed by atoms with van der Waals surface area (Å²) in [5.74, 6) is 0. The molecule has 2 aromatic rings. The van der Waals surface area contributed by atoms with Gasteiger partial charge in [0.15, 0.2) is 0 Å². The molecule has 1 aromatic heterocycles. The van der Waals surface area contributed by atoms with E-state index < -0.39 is 0 Å². The van der Waals surface area contributed by atoms with Crippen LogP contribution in [0.2, 0.25) is 0 Å². The third kappa shape index (κ3) is 4.37. The number of methoxy groups -OCH3 is 1. The maximum absolute atomic E-state index is 5.00. The summed E-state index contributed by atoms with van der Waals surface area (Å²) in [7, 11) is 3.69. The minimum Gasteiger partial charge on any atom is -0.383 e. The van der Waals surface area contributed by atoms with Gasteiger partial charge in [0.05, 0.1) is 17.3 Å². The lowest BCUT2D eigenvalue weighted by molar-refractivity contribution is 0.199. The van der Waals surface area contributed by atoms with Crippen LogP contribution in [0.25, 0.3) is 0 Å². The number of hydrogen-bond acceptors (Lipinski definition) is 4. The molecule has 1 N–H and O–H groups in total. The zero-order valence-electron chi connectivity index (χ0n) is 12.2. The van der Waals surface area contributed by atoms with Gasteiger partial charge in [0.2, 0.25) is 0 Å². The number of ether oxygens (including phenoxy) is 1. The van der Waals surface area contributed by atoms with Crippen molar-refractivity contribution in [2.75, 3.05) is 20.3 Å². The first-order valence-electron chi connectivity index (χ1n) is 6.66. The van der Waals surface area contributed by atoms with Gasteiger partial charge in [-0.1, -0.05) is 23.9 Å². The molecule has 0 aliphatic carbocycles. The van der Waals surface area contributed by atoms with Crippen LogP contribution in [0, 0.1) is 6.92 Å². The summed E-state index contributed by atoms with van der Waals surface area (Å²) in [5.41, 5.74) is 2.33. The molecule has 1 aromatic carbocycles. The van der Waals surface area contributed by atoms with Crippen LogP contribution in [-0.2, 0) is 18.3 Å². The number of nitrogens with one attached hydrogen (secondary N) is 1. The molecular weight excluding hydrogens is 270 g/mol. The molecule has 0 aliphatic rings. The maximum atomic E-state index is 5.00. The van der Waals surface area contributed by atoms with E-state index in [2.05, 4.69) is 40.7 Å². The molecule has 0 unspecified atom stereocenters. The summed E-state index contributed by atoms with van der Waals surface area (Å²) < 4.78 is 6.92. The highest BCUT2D eigenvalue weighted by molar-refractivity contribution is 7.99. The van der Waals surface area contributed by atoms with Crippen molar-refractivity contribution in [3.8, 4) is 0 Å². The Morgan fingerprint density at radius 3 is 2.65 bits per heavy atom. The summed E-state index contributed by atoms with van der Waals surface area (Å²) in [4.78, 5) is 1.23. The van der Waals surface area contributed by atoms with Crippen LogP contribution in [0.1, 0.15) is 11.3 Å². The van der Waals surface area contributed by atoms with Crippen molar-refractivity contribution in [2.24, 2.45) is 7.05 Å². The van der Waals surface area contributed by atoms with Crippen molar-refractivity contribution in [3.63, 3.8) is 0 Å². The van der Waals surface area contributed by atoms with E-state index in [9.17, 15) is 0 Å². The zero-order chi connectivity index (χ0) is 14.4. The highest BCUT2D eigenvalue weighted by atomic mass is 32.2. The number of aryl methyl sites for hydroxylation is 2. The molecule has 20 heavy (non-hydrogen) atoms. The minimum atomic E-state index is 0.744. The molecular formula is C15H21N3OS. The van der Waals surface area contributed by atoms with E-state index in [0.29, 0.717) is 0 Å². The second-order valence-corrected chi connectivity index (χ2v) is 5.76. The second kappa shape index (κ2) is 7.47. The lowest BCUT2D eigenvalue weighted by atomic mass is 10.2. The van der Waals surface area contributed by atoms with Gasteiger partial charge in [0.1, 0.15) is 0 Å². The van der Waals surface area contributed by atoms with E-state index in [1.54, 1.807) is 18.9 Å². The van der Waals surface area contributed by atoms with Crippen LogP contribution >= 0.6 is 11.8 Å². The third-order valence-electron chi connectivity index (χ3n) is 2.92. The predicted octanol–water partition coefficient (Wildman–Crippen LogP) is 2.62. The van der Waals surface area contributed by atoms with Crippen molar-refractivity contribution < 1.29 is 4.74 Å². The third-order valence-corrected chi connectivity index (χ3v) is 4.02. The summed E-state index contributed by atoms with van der Waals surface area (Å²) in [6, 6.07) is 10.7. The molecule has 0 aliphatic heterocycles. The van der Waals surface area contributed by atoms with Gasteiger partial charge in [0, 0.05) is 32.1 Å². The van der Waals surface area contributed by atoms with Gasteiger partial charge in [-0.3, -0.25) is 4.68 Å². The highest BCUT2D eigenvalue weighted by Gasteiger charge is 2.04. The van der Waals surface area contributed by atoms with Crippen LogP contribution in [0.5, 0.6) is 0 Å². The SMILES string of the molecule is COCCNCc1ccc(Sc2cc(C)nn2C)cc1. The molecule has 0 atom stereocenters. The van der Waals surface area contributed by atoms with E-state index in [0.717, 1.165) is 30.4 Å². The van der Waals surface area contributed by atoms with Crippen LogP contribution in [0.3, 0.4) is 0 Å². The molecule has 4 nitrogen and oxygen atoms in total. The fraction of sp³-hybridized carbons (Fsp3) is 0.400. The molecule has 0 amide bonds. The van der Waals surface area contributed by atoms with Gasteiger partial charge in [0.25, 0.3) is 0 Å². The molecule has 0 fully saturated rings. The highest BCUT2D eigenvalue weighted by Crippen LogP contribution is 2.27. The van der Waals surface area contributed by atoms with Crippen LogP contribution in [-0.4, -0.2) is 30.0 Å². The molecule has 0 saturated carbocycles. The Bertz CT molecular complexity index is 537. The second-order valence-electron chi connectivity index (χ2n) is 4.66. The van der Waals surface area contributed by atoms with E-state index in [4.69, 9.17) is 4.74 Å². The lowest BCUT2D eigenvalue weighted by Gasteiger charge is -2.06. The quantitative estimate of drug-likeness (QED) is 0.796. The first-order valence-corrected chi connectivity index (χ1v) is 7.48. The summed E-state index contributed by atoms with van der Waals surface area (Å²) >= 11 is 1.74. The Labute approximate surface area is 124 Å². The lowest BCUT2D eigenvalue weighted by Crippen LogP contribution is -2.18. The average molecular weight is 291 g/mol. The van der Waals surface area contributed by atoms with E-state index in [1.165, 1.54) is 10.5 Å². The topological polar surface area (TPSA) is 39.1 Å². The van der Waals surface area contributed by atoms with Gasteiger partial charge >= 0.3 is 0 Å². The van der Waals surface area contributed by atoms with E-state index in [1.807, 2.05) is 18.7 Å². The van der Waals surface area contributed by atoms with Crippen molar-refractivity contribution in [1.82, 2.24) is 15.1 Å². The van der Waals surface area contributed by atoms with E-state index in [-0.39, 0.29) is 0 Å². The van der Waals surface area contributed by atoms with Crippen molar-refractivity contribution in [2.45, 2.75) is 23.4 Å². The Kier molecular flexibility index (Phi) is 5.64. The van der Waals surface area contributed by atoms with Gasteiger partial charge < -0.3 is 10.1 Å². The summed E-state index contributed by atoms with van der Waals surface area (Å²) in [5, 5.41) is 8.86. The Hall–Kier alpha value is -1.30. The summed E-state index contributed by atoms with van der Waals surface area (Å²) in [6.45, 7) is 4.51. The van der Waals surface area contributed by atoms with Gasteiger partial charge in [-0.15, -0.1) is 0 Å². The zero-order valence-corrected chi connectivity index (χ0v) is 13.0. The molecule has 0 bridgehead atoms. The number of hydrogen-bond donors (Lipinski definition) is 1. The average Bonchev–Trinajstić information content (AvgIpc) is 2.75. The first kappa shape index (κ1) is 15.1. The largest absolute Gasteiger partial charge is 0.383 e. The molecule has 108 valence electrons. The molecule has 5 heteroatoms. The Morgan fingerprint density at radius 1 is 1.30 bits per heavy atom. The molecule has 0 spiro atoms. The molecule has 0 radical (unpaired) electrons.